The zero-order chi connectivity index (χ0) is 14.9. The maximum Gasteiger partial charge on any atom is 0.157 e. The molecule has 6 heteroatoms. The lowest BCUT2D eigenvalue weighted by molar-refractivity contribution is -0.123. The lowest BCUT2D eigenvalue weighted by atomic mass is 10.1. The minimum atomic E-state index is -0.0613. The molecule has 0 bridgehead atoms. The molecule has 0 amide bonds. The number of hydrogen-bond donors (Lipinski definition) is 0. The van der Waals surface area contributed by atoms with Gasteiger partial charge in [-0.2, -0.15) is 5.10 Å². The third-order valence-corrected chi connectivity index (χ3v) is 4.53. The van der Waals surface area contributed by atoms with E-state index in [0.29, 0.717) is 11.4 Å². The molecule has 2 heterocycles. The summed E-state index contributed by atoms with van der Waals surface area (Å²) < 4.78 is 1.72. The largest absolute Gasteiger partial charge is 0.304 e. The van der Waals surface area contributed by atoms with E-state index in [0.717, 1.165) is 37.4 Å². The molecular formula is C14H23ClN4O. The molecular weight excluding hydrogens is 276 g/mol. The van der Waals surface area contributed by atoms with Gasteiger partial charge in [0.1, 0.15) is 0 Å². The lowest BCUT2D eigenvalue weighted by Crippen LogP contribution is -2.44. The molecule has 1 aromatic rings. The van der Waals surface area contributed by atoms with E-state index in [1.807, 2.05) is 21.0 Å². The van der Waals surface area contributed by atoms with Crippen LogP contribution in [-0.4, -0.2) is 65.1 Å². The number of likely N-dealkylation sites (N-methyl/N-ethyl adjacent to an activating group) is 2. The normalized spacial score (nSPS) is 21.9. The van der Waals surface area contributed by atoms with Gasteiger partial charge in [-0.15, -0.1) is 0 Å². The summed E-state index contributed by atoms with van der Waals surface area (Å²) in [5.41, 5.74) is 1.60. The Morgan fingerprint density at radius 1 is 1.35 bits per heavy atom. The van der Waals surface area contributed by atoms with Crippen LogP contribution in [0.25, 0.3) is 0 Å². The average molecular weight is 299 g/mol. The summed E-state index contributed by atoms with van der Waals surface area (Å²) >= 11 is 6.23. The van der Waals surface area contributed by atoms with Crippen LogP contribution in [0, 0.1) is 6.92 Å². The van der Waals surface area contributed by atoms with Gasteiger partial charge in [0.2, 0.25) is 0 Å². The molecule has 1 saturated heterocycles. The van der Waals surface area contributed by atoms with Crippen molar-refractivity contribution < 1.29 is 4.79 Å². The number of hydrogen-bond acceptors (Lipinski definition) is 4. The molecule has 1 fully saturated rings. The van der Waals surface area contributed by atoms with Crippen molar-refractivity contribution in [2.24, 2.45) is 7.05 Å². The van der Waals surface area contributed by atoms with Gasteiger partial charge in [-0.25, -0.2) is 0 Å². The molecule has 1 atom stereocenters. The number of aryl methyl sites for hydroxylation is 2. The number of nitrogens with zero attached hydrogens (tertiary/aromatic N) is 4. The quantitative estimate of drug-likeness (QED) is 0.839. The first kappa shape index (κ1) is 15.5. The average Bonchev–Trinajstić information content (AvgIpc) is 2.54. The Hall–Kier alpha value is -0.910. The third kappa shape index (κ3) is 3.22. The first-order valence-electron chi connectivity index (χ1n) is 6.99. The van der Waals surface area contributed by atoms with Crippen molar-refractivity contribution in [2.75, 3.05) is 33.7 Å². The summed E-state index contributed by atoms with van der Waals surface area (Å²) in [4.78, 5) is 17.0. The van der Waals surface area contributed by atoms with Crippen molar-refractivity contribution in [1.29, 1.82) is 0 Å². The Labute approximate surface area is 125 Å². The second-order valence-corrected chi connectivity index (χ2v) is 6.10. The number of Topliss-reactive ketones (excluding diaryl/α,β-unsaturated/α-hetero) is 1. The molecule has 0 aromatic carbocycles. The van der Waals surface area contributed by atoms with Crippen LogP contribution in [0.1, 0.15) is 17.8 Å². The molecule has 5 nitrogen and oxygen atoms in total. The number of ketones is 1. The molecule has 1 aromatic heterocycles. The Morgan fingerprint density at radius 2 is 2.05 bits per heavy atom. The second-order valence-electron chi connectivity index (χ2n) is 5.72. The van der Waals surface area contributed by atoms with Crippen LogP contribution in [0.5, 0.6) is 0 Å². The summed E-state index contributed by atoms with van der Waals surface area (Å²) in [6.07, 6.45) is 1.45. The van der Waals surface area contributed by atoms with E-state index >= 15 is 0 Å². The molecule has 112 valence electrons. The number of aromatic nitrogens is 2. The molecule has 0 radical (unpaired) electrons. The van der Waals surface area contributed by atoms with Gasteiger partial charge in [-0.3, -0.25) is 14.4 Å². The molecule has 0 saturated carbocycles. The van der Waals surface area contributed by atoms with Gasteiger partial charge < -0.3 is 4.90 Å². The summed E-state index contributed by atoms with van der Waals surface area (Å²) in [7, 11) is 5.93. The number of carbonyl (C=O) groups excluding carboxylic acids is 1. The van der Waals surface area contributed by atoms with Gasteiger partial charge >= 0.3 is 0 Å². The van der Waals surface area contributed by atoms with Crippen molar-refractivity contribution in [2.45, 2.75) is 25.8 Å². The fourth-order valence-electron chi connectivity index (χ4n) is 2.77. The Balaban J connectivity index is 2.14. The van der Waals surface area contributed by atoms with Gasteiger partial charge in [0.15, 0.2) is 5.78 Å². The molecule has 20 heavy (non-hydrogen) atoms. The summed E-state index contributed by atoms with van der Waals surface area (Å²) in [5.74, 6) is 0.214. The summed E-state index contributed by atoms with van der Waals surface area (Å²) in [6, 6.07) is -0.0613. The van der Waals surface area contributed by atoms with Crippen LogP contribution in [0.15, 0.2) is 0 Å². The minimum Gasteiger partial charge on any atom is -0.304 e. The number of rotatable bonds is 3. The zero-order valence-electron chi connectivity index (χ0n) is 12.7. The topological polar surface area (TPSA) is 41.4 Å². The number of halogens is 1. The minimum absolute atomic E-state index is 0.0613. The van der Waals surface area contributed by atoms with Crippen molar-refractivity contribution in [3.05, 3.63) is 16.4 Å². The van der Waals surface area contributed by atoms with Gasteiger partial charge in [0.05, 0.1) is 28.9 Å². The van der Waals surface area contributed by atoms with Crippen LogP contribution in [0.3, 0.4) is 0 Å². The van der Waals surface area contributed by atoms with Crippen LogP contribution < -0.4 is 0 Å². The first-order valence-corrected chi connectivity index (χ1v) is 7.37. The van der Waals surface area contributed by atoms with Crippen LogP contribution in [0.2, 0.25) is 5.02 Å². The van der Waals surface area contributed by atoms with Crippen molar-refractivity contribution in [3.63, 3.8) is 0 Å². The van der Waals surface area contributed by atoms with E-state index in [9.17, 15) is 4.79 Å². The van der Waals surface area contributed by atoms with Crippen molar-refractivity contribution in [3.8, 4) is 0 Å². The predicted octanol–water partition coefficient (Wildman–Crippen LogP) is 1.13. The van der Waals surface area contributed by atoms with E-state index in [1.165, 1.54) is 0 Å². The second kappa shape index (κ2) is 6.24. The van der Waals surface area contributed by atoms with E-state index in [2.05, 4.69) is 21.9 Å². The van der Waals surface area contributed by atoms with Crippen molar-refractivity contribution >= 4 is 17.4 Å². The maximum atomic E-state index is 12.6. The van der Waals surface area contributed by atoms with Crippen molar-refractivity contribution in [1.82, 2.24) is 19.6 Å². The molecule has 1 unspecified atom stereocenters. The van der Waals surface area contributed by atoms with Gasteiger partial charge in [-0.05, 0) is 40.5 Å². The van der Waals surface area contributed by atoms with Gasteiger partial charge in [0, 0.05) is 13.6 Å². The fraction of sp³-hybridized carbons (Fsp3) is 0.714. The zero-order valence-corrected chi connectivity index (χ0v) is 13.4. The van der Waals surface area contributed by atoms with Gasteiger partial charge in [0.25, 0.3) is 0 Å². The fourth-order valence-corrected chi connectivity index (χ4v) is 3.00. The molecule has 1 aliphatic heterocycles. The molecule has 1 aliphatic rings. The molecule has 2 rings (SSSR count). The van der Waals surface area contributed by atoms with Gasteiger partial charge in [-0.1, -0.05) is 11.6 Å². The van der Waals surface area contributed by atoms with Crippen LogP contribution in [0.4, 0.5) is 0 Å². The highest BCUT2D eigenvalue weighted by Crippen LogP contribution is 2.21. The Morgan fingerprint density at radius 3 is 2.65 bits per heavy atom. The number of carbonyl (C=O) groups is 1. The Bertz CT molecular complexity index is 500. The van der Waals surface area contributed by atoms with E-state index < -0.39 is 0 Å². The van der Waals surface area contributed by atoms with E-state index in [1.54, 1.807) is 4.68 Å². The Kier molecular flexibility index (Phi) is 4.83. The standard InChI is InChI=1S/C14H23ClN4O/c1-10-14(15)11(19(4)16-10)8-13(20)12-9-17(2)6-5-7-18(12)3/h12H,5-9H2,1-4H3. The molecule has 0 aliphatic carbocycles. The first-order chi connectivity index (χ1) is 9.40. The predicted molar refractivity (Wildman–Crippen MR) is 80.2 cm³/mol. The van der Waals surface area contributed by atoms with Crippen LogP contribution >= 0.6 is 11.6 Å². The molecule has 0 spiro atoms. The smallest absolute Gasteiger partial charge is 0.157 e. The molecule has 0 N–H and O–H groups in total. The third-order valence-electron chi connectivity index (χ3n) is 4.04. The highest BCUT2D eigenvalue weighted by Gasteiger charge is 2.28. The summed E-state index contributed by atoms with van der Waals surface area (Å²) in [5, 5.41) is 4.89. The monoisotopic (exact) mass is 298 g/mol. The highest BCUT2D eigenvalue weighted by molar-refractivity contribution is 6.32. The lowest BCUT2D eigenvalue weighted by Gasteiger charge is -2.26. The summed E-state index contributed by atoms with van der Waals surface area (Å²) in [6.45, 7) is 4.64. The van der Waals surface area contributed by atoms with E-state index in [4.69, 9.17) is 11.6 Å². The SMILES string of the molecule is Cc1nn(C)c(CC(=O)C2CN(C)CCCN2C)c1Cl. The van der Waals surface area contributed by atoms with Crippen LogP contribution in [-0.2, 0) is 18.3 Å². The maximum absolute atomic E-state index is 12.6. The van der Waals surface area contributed by atoms with E-state index in [-0.39, 0.29) is 11.8 Å². The highest BCUT2D eigenvalue weighted by atomic mass is 35.5.